The van der Waals surface area contributed by atoms with Crippen LogP contribution in [0.5, 0.6) is 0 Å². The number of furan rings is 2. The van der Waals surface area contributed by atoms with Gasteiger partial charge in [0.25, 0.3) is 0 Å². The molecule has 2 aromatic heterocycles. The van der Waals surface area contributed by atoms with Crippen molar-refractivity contribution in [2.75, 3.05) is 0 Å². The van der Waals surface area contributed by atoms with E-state index in [1.54, 1.807) is 0 Å². The van der Waals surface area contributed by atoms with Gasteiger partial charge in [-0.05, 0) is 102 Å². The lowest BCUT2D eigenvalue weighted by molar-refractivity contribution is 0.669. The third kappa shape index (κ3) is 4.57. The van der Waals surface area contributed by atoms with Crippen LogP contribution in [-0.4, -0.2) is 0 Å². The van der Waals surface area contributed by atoms with Crippen LogP contribution in [0.2, 0.25) is 0 Å². The lowest BCUT2D eigenvalue weighted by atomic mass is 9.80. The molecule has 56 heavy (non-hydrogen) atoms. The van der Waals surface area contributed by atoms with Gasteiger partial charge in [0.05, 0.1) is 0 Å². The fraction of sp³-hybridized carbons (Fsp3) is 0. The minimum absolute atomic E-state index is 0.876. The molecule has 10 aromatic carbocycles. The Hall–Kier alpha value is -7.42. The summed E-state index contributed by atoms with van der Waals surface area (Å²) in [5, 5.41) is 11.8. The summed E-state index contributed by atoms with van der Waals surface area (Å²) in [6, 6.07) is 69.9. The van der Waals surface area contributed by atoms with E-state index in [-0.39, 0.29) is 0 Å². The molecule has 12 rings (SSSR count). The molecule has 260 valence electrons. The predicted molar refractivity (Wildman–Crippen MR) is 235 cm³/mol. The highest BCUT2D eigenvalue weighted by atomic mass is 16.3. The van der Waals surface area contributed by atoms with Gasteiger partial charge < -0.3 is 8.83 Å². The molecule has 0 atom stereocenters. The van der Waals surface area contributed by atoms with Crippen LogP contribution in [0.3, 0.4) is 0 Å². The number of benzene rings is 10. The summed E-state index contributed by atoms with van der Waals surface area (Å²) in [4.78, 5) is 0. The highest BCUT2D eigenvalue weighted by molar-refractivity contribution is 6.25. The first-order valence-corrected chi connectivity index (χ1v) is 19.2. The highest BCUT2D eigenvalue weighted by Crippen LogP contribution is 2.51. The van der Waals surface area contributed by atoms with Crippen molar-refractivity contribution in [2.24, 2.45) is 0 Å². The van der Waals surface area contributed by atoms with E-state index in [9.17, 15) is 0 Å². The van der Waals surface area contributed by atoms with Crippen LogP contribution in [0.15, 0.2) is 203 Å². The molecular formula is C54H32O2. The fourth-order valence-corrected chi connectivity index (χ4v) is 9.19. The van der Waals surface area contributed by atoms with Crippen LogP contribution in [0.4, 0.5) is 0 Å². The second kappa shape index (κ2) is 12.0. The Morgan fingerprint density at radius 3 is 1.52 bits per heavy atom. The standard InChI is InChI=1S/C54H32O2/c1-2-14-34-31-36(28-27-33(34)13-1)51-41-17-3-5-19-43(41)53(44-20-6-4-18-42(44)51)52-37(35-29-30-40-38-15-7-9-25-48(38)55-50(40)32-35)21-11-22-45(52)47-24-12-23-46-39-16-8-10-26-49(39)56-54(46)47/h1-32H. The first-order chi connectivity index (χ1) is 27.8. The third-order valence-corrected chi connectivity index (χ3v) is 11.7. The van der Waals surface area contributed by atoms with Gasteiger partial charge in [-0.2, -0.15) is 0 Å². The Kier molecular flexibility index (Phi) is 6.66. The van der Waals surface area contributed by atoms with Crippen molar-refractivity contribution in [3.8, 4) is 44.5 Å². The molecule has 0 amide bonds. The lowest BCUT2D eigenvalue weighted by Gasteiger charge is -2.22. The molecule has 2 heterocycles. The average molecular weight is 713 g/mol. The van der Waals surface area contributed by atoms with Crippen LogP contribution in [-0.2, 0) is 0 Å². The van der Waals surface area contributed by atoms with Crippen molar-refractivity contribution in [3.05, 3.63) is 194 Å². The third-order valence-electron chi connectivity index (χ3n) is 11.7. The number of hydrogen-bond donors (Lipinski definition) is 0. The Balaban J connectivity index is 1.22. The van der Waals surface area contributed by atoms with Gasteiger partial charge in [-0.3, -0.25) is 0 Å². The van der Waals surface area contributed by atoms with E-state index in [0.717, 1.165) is 71.7 Å². The topological polar surface area (TPSA) is 26.3 Å². The van der Waals surface area contributed by atoms with Crippen molar-refractivity contribution in [3.63, 3.8) is 0 Å². The summed E-state index contributed by atoms with van der Waals surface area (Å²) in [6.07, 6.45) is 0. The van der Waals surface area contributed by atoms with Gasteiger partial charge >= 0.3 is 0 Å². The van der Waals surface area contributed by atoms with Crippen LogP contribution < -0.4 is 0 Å². The smallest absolute Gasteiger partial charge is 0.143 e. The molecule has 2 heteroatoms. The molecule has 0 unspecified atom stereocenters. The fourth-order valence-electron chi connectivity index (χ4n) is 9.19. The van der Waals surface area contributed by atoms with Gasteiger partial charge in [0, 0.05) is 27.1 Å². The summed E-state index contributed by atoms with van der Waals surface area (Å²) in [6.45, 7) is 0. The summed E-state index contributed by atoms with van der Waals surface area (Å²) < 4.78 is 13.2. The second-order valence-electron chi connectivity index (χ2n) is 14.7. The maximum atomic E-state index is 6.74. The summed E-state index contributed by atoms with van der Waals surface area (Å²) in [7, 11) is 0. The summed E-state index contributed by atoms with van der Waals surface area (Å²) in [5.41, 5.74) is 12.8. The quantitative estimate of drug-likeness (QED) is 0.170. The molecule has 0 aliphatic carbocycles. The molecule has 2 nitrogen and oxygen atoms in total. The normalized spacial score (nSPS) is 11.9. The van der Waals surface area contributed by atoms with E-state index in [1.807, 2.05) is 18.2 Å². The zero-order chi connectivity index (χ0) is 36.7. The molecule has 0 spiro atoms. The second-order valence-corrected chi connectivity index (χ2v) is 14.7. The minimum atomic E-state index is 0.876. The van der Waals surface area contributed by atoms with Crippen LogP contribution in [0.25, 0.3) is 121 Å². The molecule has 0 saturated heterocycles. The van der Waals surface area contributed by atoms with Crippen LogP contribution in [0.1, 0.15) is 0 Å². The minimum Gasteiger partial charge on any atom is -0.456 e. The van der Waals surface area contributed by atoms with E-state index in [1.165, 1.54) is 49.0 Å². The van der Waals surface area contributed by atoms with Crippen LogP contribution >= 0.6 is 0 Å². The van der Waals surface area contributed by atoms with E-state index >= 15 is 0 Å². The maximum Gasteiger partial charge on any atom is 0.143 e. The Bertz CT molecular complexity index is 3490. The largest absolute Gasteiger partial charge is 0.456 e. The molecule has 0 N–H and O–H groups in total. The monoisotopic (exact) mass is 712 g/mol. The first-order valence-electron chi connectivity index (χ1n) is 19.2. The van der Waals surface area contributed by atoms with E-state index in [0.29, 0.717) is 0 Å². The van der Waals surface area contributed by atoms with Gasteiger partial charge in [-0.15, -0.1) is 0 Å². The molecule has 12 aromatic rings. The van der Waals surface area contributed by atoms with Crippen molar-refractivity contribution in [1.29, 1.82) is 0 Å². The Morgan fingerprint density at radius 2 is 0.768 bits per heavy atom. The number of rotatable bonds is 4. The van der Waals surface area contributed by atoms with Crippen molar-refractivity contribution >= 4 is 76.2 Å². The Morgan fingerprint density at radius 1 is 0.250 bits per heavy atom. The SMILES string of the molecule is c1cc(-c2ccc3c(c2)oc2ccccc23)c(-c2c3ccccc3c(-c3ccc4ccccc4c3)c3ccccc23)c(-c2cccc3c2oc2ccccc23)c1. The zero-order valence-corrected chi connectivity index (χ0v) is 30.3. The van der Waals surface area contributed by atoms with Gasteiger partial charge in [-0.25, -0.2) is 0 Å². The molecule has 0 aliphatic rings. The zero-order valence-electron chi connectivity index (χ0n) is 30.3. The lowest BCUT2D eigenvalue weighted by Crippen LogP contribution is -1.95. The van der Waals surface area contributed by atoms with Crippen molar-refractivity contribution < 1.29 is 8.83 Å². The molecule has 0 radical (unpaired) electrons. The van der Waals surface area contributed by atoms with E-state index in [4.69, 9.17) is 8.83 Å². The van der Waals surface area contributed by atoms with Gasteiger partial charge in [0.15, 0.2) is 0 Å². The average Bonchev–Trinajstić information content (AvgIpc) is 3.83. The maximum absolute atomic E-state index is 6.74. The summed E-state index contributed by atoms with van der Waals surface area (Å²) in [5.74, 6) is 0. The molecular weight excluding hydrogens is 681 g/mol. The first kappa shape index (κ1) is 31.0. The Labute approximate surface area is 322 Å². The predicted octanol–water partition coefficient (Wildman–Crippen LogP) is 15.6. The number of fused-ring (bicyclic) bond motifs is 9. The molecule has 0 saturated carbocycles. The number of para-hydroxylation sites is 3. The number of hydrogen-bond acceptors (Lipinski definition) is 2. The van der Waals surface area contributed by atoms with Crippen LogP contribution in [0, 0.1) is 0 Å². The van der Waals surface area contributed by atoms with Gasteiger partial charge in [0.2, 0.25) is 0 Å². The molecule has 0 bridgehead atoms. The van der Waals surface area contributed by atoms with E-state index in [2.05, 4.69) is 176 Å². The molecule has 0 fully saturated rings. The van der Waals surface area contributed by atoms with Crippen molar-refractivity contribution in [1.82, 2.24) is 0 Å². The van der Waals surface area contributed by atoms with Gasteiger partial charge in [0.1, 0.15) is 22.3 Å². The van der Waals surface area contributed by atoms with Gasteiger partial charge in [-0.1, -0.05) is 164 Å². The van der Waals surface area contributed by atoms with E-state index < -0.39 is 0 Å². The highest BCUT2D eigenvalue weighted by Gasteiger charge is 2.24. The molecule has 0 aliphatic heterocycles. The summed E-state index contributed by atoms with van der Waals surface area (Å²) >= 11 is 0. The van der Waals surface area contributed by atoms with Crippen molar-refractivity contribution in [2.45, 2.75) is 0 Å².